The fourth-order valence-electron chi connectivity index (χ4n) is 7.11. The van der Waals surface area contributed by atoms with Crippen molar-refractivity contribution in [2.75, 3.05) is 25.0 Å². The maximum atomic E-state index is 14.1. The van der Waals surface area contributed by atoms with E-state index in [9.17, 15) is 14.4 Å². The van der Waals surface area contributed by atoms with Crippen molar-refractivity contribution in [3.05, 3.63) is 54.1 Å². The number of para-hydroxylation sites is 3. The topological polar surface area (TPSA) is 88.2 Å². The van der Waals surface area contributed by atoms with E-state index in [0.717, 1.165) is 36.9 Å². The van der Waals surface area contributed by atoms with E-state index in [1.54, 1.807) is 4.90 Å². The van der Waals surface area contributed by atoms with Crippen LogP contribution in [0.1, 0.15) is 37.7 Å². The lowest BCUT2D eigenvalue weighted by Gasteiger charge is -2.32. The van der Waals surface area contributed by atoms with Gasteiger partial charge in [0.15, 0.2) is 11.5 Å². The van der Waals surface area contributed by atoms with Crippen LogP contribution in [-0.2, 0) is 19.8 Å². The Bertz CT molecular complexity index is 1240. The Morgan fingerprint density at radius 2 is 1.67 bits per heavy atom. The molecule has 3 amide bonds. The van der Waals surface area contributed by atoms with Crippen molar-refractivity contribution >= 4 is 23.4 Å². The molecule has 2 aromatic carbocycles. The van der Waals surface area contributed by atoms with Crippen molar-refractivity contribution < 1.29 is 23.9 Å². The monoisotopic (exact) mass is 487 g/mol. The highest BCUT2D eigenvalue weighted by Crippen LogP contribution is 2.50. The SMILES string of the molecule is O=C(CC1COc2ccccc2O1)N1CC(C(=O)N2C3CCC2CC3)C2(C1)C(=O)Nc1ccccc12. The van der Waals surface area contributed by atoms with Crippen molar-refractivity contribution in [2.24, 2.45) is 5.92 Å². The largest absolute Gasteiger partial charge is 0.486 e. The molecule has 3 fully saturated rings. The van der Waals surface area contributed by atoms with E-state index in [1.807, 2.05) is 53.4 Å². The third kappa shape index (κ3) is 3.09. The van der Waals surface area contributed by atoms with E-state index < -0.39 is 17.4 Å². The smallest absolute Gasteiger partial charge is 0.237 e. The van der Waals surface area contributed by atoms with E-state index in [4.69, 9.17) is 9.47 Å². The lowest BCUT2D eigenvalue weighted by Crippen LogP contribution is -2.50. The molecule has 0 radical (unpaired) electrons. The Labute approximate surface area is 209 Å². The minimum absolute atomic E-state index is 0.0216. The number of ether oxygens (including phenoxy) is 2. The Morgan fingerprint density at radius 3 is 2.44 bits per heavy atom. The second kappa shape index (κ2) is 7.98. The molecule has 0 saturated carbocycles. The van der Waals surface area contributed by atoms with Gasteiger partial charge in [0, 0.05) is 30.9 Å². The summed E-state index contributed by atoms with van der Waals surface area (Å²) in [7, 11) is 0. The number of likely N-dealkylation sites (tertiary alicyclic amines) is 1. The van der Waals surface area contributed by atoms with Crippen LogP contribution >= 0.6 is 0 Å². The summed E-state index contributed by atoms with van der Waals surface area (Å²) >= 11 is 0. The van der Waals surface area contributed by atoms with Crippen LogP contribution in [0.2, 0.25) is 0 Å². The van der Waals surface area contributed by atoms with Crippen LogP contribution in [0, 0.1) is 5.92 Å². The zero-order valence-corrected chi connectivity index (χ0v) is 20.0. The molecule has 7 rings (SSSR count). The molecule has 5 heterocycles. The van der Waals surface area contributed by atoms with Crippen LogP contribution in [0.3, 0.4) is 0 Å². The minimum atomic E-state index is -1.07. The van der Waals surface area contributed by atoms with E-state index in [-0.39, 0.29) is 55.9 Å². The average Bonchev–Trinajstić information content (AvgIpc) is 3.67. The number of amides is 3. The Morgan fingerprint density at radius 1 is 0.972 bits per heavy atom. The first kappa shape index (κ1) is 21.7. The van der Waals surface area contributed by atoms with Crippen molar-refractivity contribution in [2.45, 2.75) is 55.7 Å². The average molecular weight is 488 g/mol. The van der Waals surface area contributed by atoms with Gasteiger partial charge in [-0.15, -0.1) is 0 Å². The Hall–Kier alpha value is -3.55. The maximum Gasteiger partial charge on any atom is 0.237 e. The van der Waals surface area contributed by atoms with Crippen LogP contribution in [0.15, 0.2) is 48.5 Å². The van der Waals surface area contributed by atoms with Gasteiger partial charge >= 0.3 is 0 Å². The second-order valence-corrected chi connectivity index (χ2v) is 10.7. The molecule has 1 N–H and O–H groups in total. The predicted molar refractivity (Wildman–Crippen MR) is 131 cm³/mol. The van der Waals surface area contributed by atoms with Gasteiger partial charge in [-0.1, -0.05) is 30.3 Å². The van der Waals surface area contributed by atoms with Gasteiger partial charge in [-0.05, 0) is 49.4 Å². The van der Waals surface area contributed by atoms with Crippen LogP contribution in [0.25, 0.3) is 0 Å². The number of anilines is 1. The quantitative estimate of drug-likeness (QED) is 0.719. The zero-order valence-electron chi connectivity index (χ0n) is 20.0. The molecule has 5 aliphatic rings. The summed E-state index contributed by atoms with van der Waals surface area (Å²) in [5.74, 6) is 0.408. The molecule has 2 aromatic rings. The molecular weight excluding hydrogens is 458 g/mol. The highest BCUT2D eigenvalue weighted by atomic mass is 16.6. The number of nitrogens with one attached hydrogen (secondary N) is 1. The fraction of sp³-hybridized carbons (Fsp3) is 0.464. The summed E-state index contributed by atoms with van der Waals surface area (Å²) in [6.07, 6.45) is 3.83. The van der Waals surface area contributed by atoms with Crippen molar-refractivity contribution in [1.82, 2.24) is 9.80 Å². The number of rotatable bonds is 3. The van der Waals surface area contributed by atoms with Gasteiger partial charge in [-0.25, -0.2) is 0 Å². The number of hydrogen-bond donors (Lipinski definition) is 1. The summed E-state index contributed by atoms with van der Waals surface area (Å²) in [4.78, 5) is 45.0. The fourth-order valence-corrected chi connectivity index (χ4v) is 7.11. The highest BCUT2D eigenvalue weighted by molar-refractivity contribution is 6.10. The molecule has 0 aromatic heterocycles. The number of hydrogen-bond acceptors (Lipinski definition) is 5. The second-order valence-electron chi connectivity index (χ2n) is 10.7. The molecule has 2 bridgehead atoms. The van der Waals surface area contributed by atoms with E-state index in [0.29, 0.717) is 11.5 Å². The summed E-state index contributed by atoms with van der Waals surface area (Å²) in [5.41, 5.74) is 0.489. The molecule has 1 spiro atoms. The van der Waals surface area contributed by atoms with Crippen LogP contribution in [0.5, 0.6) is 11.5 Å². The first-order valence-corrected chi connectivity index (χ1v) is 12.9. The van der Waals surface area contributed by atoms with Gasteiger partial charge in [-0.3, -0.25) is 14.4 Å². The standard InChI is InChI=1S/C28H29N3O5/c32-25(13-19-15-35-23-7-3-4-8-24(23)36-19)30-14-21(26(33)31-17-9-10-18(31)12-11-17)28(16-30)20-5-1-2-6-22(20)29-27(28)34/h1-8,17-19,21H,9-16H2,(H,29,34). The van der Waals surface area contributed by atoms with Gasteiger partial charge in [0.1, 0.15) is 18.1 Å². The summed E-state index contributed by atoms with van der Waals surface area (Å²) < 4.78 is 11.8. The first-order chi connectivity index (χ1) is 17.5. The Balaban J connectivity index is 1.18. The number of nitrogens with zero attached hydrogens (tertiary/aromatic N) is 2. The number of benzene rings is 2. The minimum Gasteiger partial charge on any atom is -0.486 e. The maximum absolute atomic E-state index is 14.1. The Kier molecular flexibility index (Phi) is 4.81. The molecule has 186 valence electrons. The van der Waals surface area contributed by atoms with Crippen LogP contribution < -0.4 is 14.8 Å². The summed E-state index contributed by atoms with van der Waals surface area (Å²) in [6, 6.07) is 15.5. The molecule has 3 saturated heterocycles. The third-order valence-corrected chi connectivity index (χ3v) is 8.83. The molecule has 3 atom stereocenters. The molecule has 0 aliphatic carbocycles. The lowest BCUT2D eigenvalue weighted by molar-refractivity contribution is -0.141. The van der Waals surface area contributed by atoms with Crippen molar-refractivity contribution in [1.29, 1.82) is 0 Å². The third-order valence-electron chi connectivity index (χ3n) is 8.83. The normalized spacial score (nSPS) is 31.6. The number of carbonyl (C=O) groups excluding carboxylic acids is 3. The van der Waals surface area contributed by atoms with Gasteiger partial charge in [0.05, 0.1) is 12.3 Å². The van der Waals surface area contributed by atoms with Gasteiger partial charge in [-0.2, -0.15) is 0 Å². The highest BCUT2D eigenvalue weighted by Gasteiger charge is 2.62. The van der Waals surface area contributed by atoms with E-state index >= 15 is 0 Å². The van der Waals surface area contributed by atoms with E-state index in [1.165, 1.54) is 0 Å². The molecular formula is C28H29N3O5. The van der Waals surface area contributed by atoms with Gasteiger partial charge in [0.2, 0.25) is 17.7 Å². The summed E-state index contributed by atoms with van der Waals surface area (Å²) in [5, 5.41) is 3.00. The molecule has 8 nitrogen and oxygen atoms in total. The zero-order chi connectivity index (χ0) is 24.4. The van der Waals surface area contributed by atoms with Gasteiger partial charge in [0.25, 0.3) is 0 Å². The van der Waals surface area contributed by atoms with Crippen molar-refractivity contribution in [3.8, 4) is 11.5 Å². The summed E-state index contributed by atoms with van der Waals surface area (Å²) in [6.45, 7) is 0.711. The van der Waals surface area contributed by atoms with Crippen LogP contribution in [-0.4, -0.2) is 65.4 Å². The van der Waals surface area contributed by atoms with Crippen LogP contribution in [0.4, 0.5) is 5.69 Å². The predicted octanol–water partition coefficient (Wildman–Crippen LogP) is 2.72. The van der Waals surface area contributed by atoms with E-state index in [2.05, 4.69) is 5.32 Å². The molecule has 8 heteroatoms. The molecule has 36 heavy (non-hydrogen) atoms. The van der Waals surface area contributed by atoms with Crippen molar-refractivity contribution in [3.63, 3.8) is 0 Å². The van der Waals surface area contributed by atoms with Gasteiger partial charge < -0.3 is 24.6 Å². The lowest BCUT2D eigenvalue weighted by atomic mass is 9.72. The first-order valence-electron chi connectivity index (χ1n) is 12.9. The molecule has 3 unspecified atom stereocenters. The number of fused-ring (bicyclic) bond motifs is 5. The molecule has 5 aliphatic heterocycles. The number of carbonyl (C=O) groups is 3.